The first-order valence-corrected chi connectivity index (χ1v) is 9.58. The SMILES string of the molecule is COc1ccc(CNc2nc(-c3ccccc3)nc3cc(OC)c(OC)cc23)cc1. The van der Waals surface area contributed by atoms with Gasteiger partial charge < -0.3 is 19.5 Å². The molecular formula is C24H23N3O3. The average molecular weight is 401 g/mol. The van der Waals surface area contributed by atoms with Crippen LogP contribution in [0.1, 0.15) is 5.56 Å². The summed E-state index contributed by atoms with van der Waals surface area (Å²) >= 11 is 0. The van der Waals surface area contributed by atoms with Crippen molar-refractivity contribution in [2.75, 3.05) is 26.6 Å². The van der Waals surface area contributed by atoms with Crippen LogP contribution < -0.4 is 19.5 Å². The highest BCUT2D eigenvalue weighted by molar-refractivity contribution is 5.93. The molecule has 4 aromatic rings. The number of rotatable bonds is 7. The maximum Gasteiger partial charge on any atom is 0.162 e. The lowest BCUT2D eigenvalue weighted by molar-refractivity contribution is 0.356. The highest BCUT2D eigenvalue weighted by Gasteiger charge is 2.14. The van der Waals surface area contributed by atoms with Gasteiger partial charge in [0.05, 0.1) is 26.8 Å². The molecule has 30 heavy (non-hydrogen) atoms. The summed E-state index contributed by atoms with van der Waals surface area (Å²) in [7, 11) is 4.90. The van der Waals surface area contributed by atoms with Gasteiger partial charge in [-0.2, -0.15) is 0 Å². The molecular weight excluding hydrogens is 378 g/mol. The van der Waals surface area contributed by atoms with Gasteiger partial charge in [-0.1, -0.05) is 42.5 Å². The van der Waals surface area contributed by atoms with Gasteiger partial charge in [-0.3, -0.25) is 0 Å². The molecule has 6 heteroatoms. The van der Waals surface area contributed by atoms with Crippen molar-refractivity contribution in [3.63, 3.8) is 0 Å². The largest absolute Gasteiger partial charge is 0.497 e. The molecule has 0 bridgehead atoms. The molecule has 3 aromatic carbocycles. The summed E-state index contributed by atoms with van der Waals surface area (Å²) in [6, 6.07) is 21.6. The molecule has 4 rings (SSSR count). The van der Waals surface area contributed by atoms with Gasteiger partial charge in [0.1, 0.15) is 11.6 Å². The number of methoxy groups -OCH3 is 3. The third-order valence-corrected chi connectivity index (χ3v) is 4.85. The fourth-order valence-corrected chi connectivity index (χ4v) is 3.24. The first-order valence-electron chi connectivity index (χ1n) is 9.58. The van der Waals surface area contributed by atoms with Crippen LogP contribution in [0.3, 0.4) is 0 Å². The molecule has 0 fully saturated rings. The zero-order valence-electron chi connectivity index (χ0n) is 17.2. The smallest absolute Gasteiger partial charge is 0.162 e. The Balaban J connectivity index is 1.77. The first-order chi connectivity index (χ1) is 14.7. The molecule has 0 aliphatic heterocycles. The number of benzene rings is 3. The van der Waals surface area contributed by atoms with E-state index in [1.807, 2.05) is 66.7 Å². The van der Waals surface area contributed by atoms with Crippen LogP contribution in [0.5, 0.6) is 17.2 Å². The summed E-state index contributed by atoms with van der Waals surface area (Å²) in [6.07, 6.45) is 0. The third-order valence-electron chi connectivity index (χ3n) is 4.85. The molecule has 0 amide bonds. The van der Waals surface area contributed by atoms with Crippen LogP contribution in [-0.2, 0) is 6.54 Å². The molecule has 6 nitrogen and oxygen atoms in total. The Morgan fingerprint density at radius 1 is 0.767 bits per heavy atom. The molecule has 0 aliphatic rings. The van der Waals surface area contributed by atoms with Crippen molar-refractivity contribution in [1.82, 2.24) is 9.97 Å². The van der Waals surface area contributed by atoms with Crippen molar-refractivity contribution in [1.29, 1.82) is 0 Å². The van der Waals surface area contributed by atoms with Crippen molar-refractivity contribution >= 4 is 16.7 Å². The Morgan fingerprint density at radius 2 is 1.47 bits per heavy atom. The van der Waals surface area contributed by atoms with Crippen LogP contribution in [-0.4, -0.2) is 31.3 Å². The van der Waals surface area contributed by atoms with E-state index < -0.39 is 0 Å². The van der Waals surface area contributed by atoms with Gasteiger partial charge in [0.15, 0.2) is 17.3 Å². The van der Waals surface area contributed by atoms with Crippen LogP contribution >= 0.6 is 0 Å². The zero-order valence-corrected chi connectivity index (χ0v) is 17.2. The Kier molecular flexibility index (Phi) is 5.66. The molecule has 0 aliphatic carbocycles. The molecule has 0 atom stereocenters. The minimum absolute atomic E-state index is 0.610. The number of ether oxygens (including phenoxy) is 3. The summed E-state index contributed by atoms with van der Waals surface area (Å²) in [5, 5.41) is 4.31. The number of hydrogen-bond acceptors (Lipinski definition) is 6. The number of fused-ring (bicyclic) bond motifs is 1. The van der Waals surface area contributed by atoms with E-state index in [0.29, 0.717) is 23.9 Å². The lowest BCUT2D eigenvalue weighted by Gasteiger charge is -2.14. The standard InChI is InChI=1S/C24H23N3O3/c1-28-18-11-9-16(10-12-18)15-25-24-19-13-21(29-2)22(30-3)14-20(19)26-23(27-24)17-7-5-4-6-8-17/h4-14H,15H2,1-3H3,(H,25,26,27). The van der Waals surface area contributed by atoms with Crippen LogP contribution in [0, 0.1) is 0 Å². The second-order valence-electron chi connectivity index (χ2n) is 6.69. The molecule has 0 saturated carbocycles. The second kappa shape index (κ2) is 8.69. The van der Waals surface area contributed by atoms with Crippen LogP contribution in [0.2, 0.25) is 0 Å². The van der Waals surface area contributed by atoms with Gasteiger partial charge in [-0.15, -0.1) is 0 Å². The van der Waals surface area contributed by atoms with Crippen molar-refractivity contribution < 1.29 is 14.2 Å². The summed E-state index contributed by atoms with van der Waals surface area (Å²) in [6.45, 7) is 0.610. The number of nitrogens with zero attached hydrogens (tertiary/aromatic N) is 2. The van der Waals surface area contributed by atoms with Crippen LogP contribution in [0.15, 0.2) is 66.7 Å². The normalized spacial score (nSPS) is 10.6. The molecule has 0 radical (unpaired) electrons. The molecule has 0 spiro atoms. The minimum Gasteiger partial charge on any atom is -0.497 e. The van der Waals surface area contributed by atoms with Crippen molar-refractivity contribution in [2.45, 2.75) is 6.54 Å². The topological polar surface area (TPSA) is 65.5 Å². The lowest BCUT2D eigenvalue weighted by atomic mass is 10.1. The van der Waals surface area contributed by atoms with E-state index in [0.717, 1.165) is 33.6 Å². The number of anilines is 1. The van der Waals surface area contributed by atoms with Gasteiger partial charge in [-0.25, -0.2) is 9.97 Å². The molecule has 0 saturated heterocycles. The van der Waals surface area contributed by atoms with Gasteiger partial charge in [0.2, 0.25) is 0 Å². The van der Waals surface area contributed by atoms with E-state index in [1.54, 1.807) is 21.3 Å². The highest BCUT2D eigenvalue weighted by Crippen LogP contribution is 2.35. The number of nitrogens with one attached hydrogen (secondary N) is 1. The van der Waals surface area contributed by atoms with E-state index in [4.69, 9.17) is 24.2 Å². The molecule has 1 aromatic heterocycles. The predicted octanol–water partition coefficient (Wildman–Crippen LogP) is 4.93. The van der Waals surface area contributed by atoms with Crippen molar-refractivity contribution in [3.05, 3.63) is 72.3 Å². The quantitative estimate of drug-likeness (QED) is 0.473. The first kappa shape index (κ1) is 19.5. The van der Waals surface area contributed by atoms with Crippen LogP contribution in [0.4, 0.5) is 5.82 Å². The molecule has 0 unspecified atom stereocenters. The van der Waals surface area contributed by atoms with Crippen molar-refractivity contribution in [3.8, 4) is 28.6 Å². The van der Waals surface area contributed by atoms with Gasteiger partial charge in [0, 0.05) is 23.6 Å². The fourth-order valence-electron chi connectivity index (χ4n) is 3.24. The minimum atomic E-state index is 0.610. The van der Waals surface area contributed by atoms with Gasteiger partial charge >= 0.3 is 0 Å². The third kappa shape index (κ3) is 3.98. The number of aromatic nitrogens is 2. The predicted molar refractivity (Wildman–Crippen MR) is 118 cm³/mol. The van der Waals surface area contributed by atoms with Gasteiger partial charge in [-0.05, 0) is 23.8 Å². The van der Waals surface area contributed by atoms with Gasteiger partial charge in [0.25, 0.3) is 0 Å². The molecule has 1 N–H and O–H groups in total. The Hall–Kier alpha value is -3.80. The van der Waals surface area contributed by atoms with Crippen LogP contribution in [0.25, 0.3) is 22.3 Å². The maximum atomic E-state index is 5.48. The van der Waals surface area contributed by atoms with E-state index in [-0.39, 0.29) is 0 Å². The monoisotopic (exact) mass is 401 g/mol. The Morgan fingerprint density at radius 3 is 2.13 bits per heavy atom. The highest BCUT2D eigenvalue weighted by atomic mass is 16.5. The lowest BCUT2D eigenvalue weighted by Crippen LogP contribution is -2.05. The van der Waals surface area contributed by atoms with E-state index in [2.05, 4.69) is 5.32 Å². The summed E-state index contributed by atoms with van der Waals surface area (Å²) in [5.41, 5.74) is 2.84. The fraction of sp³-hybridized carbons (Fsp3) is 0.167. The Labute approximate surface area is 175 Å². The summed E-state index contributed by atoms with van der Waals surface area (Å²) in [5.74, 6) is 3.47. The zero-order chi connectivity index (χ0) is 20.9. The van der Waals surface area contributed by atoms with Crippen molar-refractivity contribution in [2.24, 2.45) is 0 Å². The van der Waals surface area contributed by atoms with E-state index >= 15 is 0 Å². The summed E-state index contributed by atoms with van der Waals surface area (Å²) in [4.78, 5) is 9.57. The second-order valence-corrected chi connectivity index (χ2v) is 6.69. The Bertz CT molecular complexity index is 1150. The average Bonchev–Trinajstić information content (AvgIpc) is 2.82. The van der Waals surface area contributed by atoms with E-state index in [1.165, 1.54) is 0 Å². The molecule has 152 valence electrons. The molecule has 1 heterocycles. The number of hydrogen-bond donors (Lipinski definition) is 1. The summed E-state index contributed by atoms with van der Waals surface area (Å²) < 4.78 is 16.2. The van der Waals surface area contributed by atoms with E-state index in [9.17, 15) is 0 Å². The maximum absolute atomic E-state index is 5.48.